The second-order valence-corrected chi connectivity index (χ2v) is 4.33. The SMILES string of the molecule is CC(C)CN1Cc2ccccc2C1.[H+]. The Kier molecular flexibility index (Phi) is 2.36. The van der Waals surface area contributed by atoms with Gasteiger partial charge in [0, 0.05) is 19.6 Å². The van der Waals surface area contributed by atoms with E-state index >= 15 is 0 Å². The zero-order valence-corrected chi connectivity index (χ0v) is 8.46. The van der Waals surface area contributed by atoms with E-state index in [-0.39, 0.29) is 1.43 Å². The standard InChI is InChI=1S/C12H17N/c1-10(2)7-13-8-11-5-3-4-6-12(11)9-13/h3-6,10H,7-9H2,1-2H3/p+1. The minimum Gasteiger partial charge on any atom is -0.295 e. The summed E-state index contributed by atoms with van der Waals surface area (Å²) >= 11 is 0. The maximum Gasteiger partial charge on any atom is 1.00 e. The number of hydrogen-bond acceptors (Lipinski definition) is 1. The fourth-order valence-corrected chi connectivity index (χ4v) is 2.05. The van der Waals surface area contributed by atoms with Crippen molar-refractivity contribution in [1.29, 1.82) is 0 Å². The second-order valence-electron chi connectivity index (χ2n) is 4.33. The summed E-state index contributed by atoms with van der Waals surface area (Å²) in [6.45, 7) is 8.07. The molecule has 0 radical (unpaired) electrons. The summed E-state index contributed by atoms with van der Waals surface area (Å²) in [5.41, 5.74) is 3.03. The van der Waals surface area contributed by atoms with Gasteiger partial charge < -0.3 is 0 Å². The predicted octanol–water partition coefficient (Wildman–Crippen LogP) is 2.77. The Bertz CT molecular complexity index is 271. The summed E-state index contributed by atoms with van der Waals surface area (Å²) in [7, 11) is 0. The highest BCUT2D eigenvalue weighted by molar-refractivity contribution is 5.30. The molecule has 0 aromatic heterocycles. The minimum absolute atomic E-state index is 0. The van der Waals surface area contributed by atoms with Crippen molar-refractivity contribution >= 4 is 0 Å². The topological polar surface area (TPSA) is 3.24 Å². The van der Waals surface area contributed by atoms with Crippen molar-refractivity contribution in [2.24, 2.45) is 5.92 Å². The van der Waals surface area contributed by atoms with Crippen molar-refractivity contribution in [2.75, 3.05) is 6.54 Å². The number of benzene rings is 1. The van der Waals surface area contributed by atoms with Gasteiger partial charge in [0.05, 0.1) is 0 Å². The molecule has 0 aliphatic carbocycles. The Hall–Kier alpha value is -0.820. The highest BCUT2D eigenvalue weighted by Gasteiger charge is 2.17. The number of hydrogen-bond donors (Lipinski definition) is 0. The van der Waals surface area contributed by atoms with Crippen LogP contribution in [0.25, 0.3) is 0 Å². The van der Waals surface area contributed by atoms with Crippen molar-refractivity contribution in [3.63, 3.8) is 0 Å². The van der Waals surface area contributed by atoms with E-state index in [2.05, 4.69) is 43.0 Å². The van der Waals surface area contributed by atoms with Gasteiger partial charge in [-0.2, -0.15) is 0 Å². The molecule has 0 spiro atoms. The fourth-order valence-electron chi connectivity index (χ4n) is 2.05. The molecular formula is C12H18N+. The molecule has 1 aliphatic rings. The van der Waals surface area contributed by atoms with E-state index in [0.29, 0.717) is 0 Å². The van der Waals surface area contributed by atoms with Crippen LogP contribution in [0.3, 0.4) is 0 Å². The summed E-state index contributed by atoms with van der Waals surface area (Å²) in [4.78, 5) is 2.52. The molecule has 1 aromatic carbocycles. The number of fused-ring (bicyclic) bond motifs is 1. The van der Waals surface area contributed by atoms with E-state index in [1.165, 1.54) is 17.7 Å². The van der Waals surface area contributed by atoms with Crippen LogP contribution in [-0.4, -0.2) is 11.4 Å². The monoisotopic (exact) mass is 176 g/mol. The van der Waals surface area contributed by atoms with Crippen molar-refractivity contribution in [1.82, 2.24) is 4.90 Å². The molecule has 0 unspecified atom stereocenters. The zero-order chi connectivity index (χ0) is 9.26. The first-order valence-corrected chi connectivity index (χ1v) is 5.05. The molecule has 1 heteroatoms. The van der Waals surface area contributed by atoms with E-state index in [9.17, 15) is 0 Å². The summed E-state index contributed by atoms with van der Waals surface area (Å²) < 4.78 is 0. The van der Waals surface area contributed by atoms with Crippen molar-refractivity contribution < 1.29 is 1.43 Å². The molecule has 1 nitrogen and oxygen atoms in total. The third kappa shape index (κ3) is 1.92. The maximum atomic E-state index is 2.52. The van der Waals surface area contributed by atoms with Crippen LogP contribution in [0.5, 0.6) is 0 Å². The summed E-state index contributed by atoms with van der Waals surface area (Å²) in [5, 5.41) is 0. The molecule has 13 heavy (non-hydrogen) atoms. The Morgan fingerprint density at radius 2 is 1.77 bits per heavy atom. The number of rotatable bonds is 2. The molecule has 0 N–H and O–H groups in total. The Morgan fingerprint density at radius 1 is 1.23 bits per heavy atom. The highest BCUT2D eigenvalue weighted by Crippen LogP contribution is 2.22. The van der Waals surface area contributed by atoms with E-state index in [0.717, 1.165) is 19.0 Å². The largest absolute Gasteiger partial charge is 1.00 e. The first-order valence-electron chi connectivity index (χ1n) is 5.05. The minimum atomic E-state index is 0. The number of nitrogens with zero attached hydrogens (tertiary/aromatic N) is 1. The summed E-state index contributed by atoms with van der Waals surface area (Å²) in [6.07, 6.45) is 0. The Morgan fingerprint density at radius 3 is 2.23 bits per heavy atom. The van der Waals surface area contributed by atoms with Crippen LogP contribution in [0.4, 0.5) is 0 Å². The van der Waals surface area contributed by atoms with Crippen LogP contribution in [0.15, 0.2) is 24.3 Å². The van der Waals surface area contributed by atoms with Gasteiger partial charge in [-0.15, -0.1) is 0 Å². The lowest BCUT2D eigenvalue weighted by Gasteiger charge is -2.16. The van der Waals surface area contributed by atoms with Gasteiger partial charge in [0.1, 0.15) is 0 Å². The lowest BCUT2D eigenvalue weighted by molar-refractivity contribution is 0.251. The molecule has 0 amide bonds. The van der Waals surface area contributed by atoms with Gasteiger partial charge in [-0.25, -0.2) is 0 Å². The van der Waals surface area contributed by atoms with Crippen molar-refractivity contribution in [3.05, 3.63) is 35.4 Å². The average Bonchev–Trinajstić information content (AvgIpc) is 2.44. The summed E-state index contributed by atoms with van der Waals surface area (Å²) in [5.74, 6) is 0.773. The zero-order valence-electron chi connectivity index (χ0n) is 9.46. The lowest BCUT2D eigenvalue weighted by atomic mass is 10.1. The van der Waals surface area contributed by atoms with E-state index < -0.39 is 0 Å². The van der Waals surface area contributed by atoms with Gasteiger partial charge in [0.25, 0.3) is 0 Å². The van der Waals surface area contributed by atoms with Crippen LogP contribution >= 0.6 is 0 Å². The third-order valence-corrected chi connectivity index (χ3v) is 2.53. The molecule has 2 rings (SSSR count). The first kappa shape index (κ1) is 8.76. The van der Waals surface area contributed by atoms with Crippen LogP contribution in [0.1, 0.15) is 26.4 Å². The fraction of sp³-hybridized carbons (Fsp3) is 0.500. The van der Waals surface area contributed by atoms with Crippen LogP contribution in [-0.2, 0) is 13.1 Å². The quantitative estimate of drug-likeness (QED) is 0.669. The second kappa shape index (κ2) is 3.51. The molecule has 0 atom stereocenters. The van der Waals surface area contributed by atoms with Gasteiger partial charge in [-0.3, -0.25) is 4.90 Å². The molecule has 0 saturated heterocycles. The van der Waals surface area contributed by atoms with Crippen LogP contribution < -0.4 is 0 Å². The van der Waals surface area contributed by atoms with E-state index in [1.54, 1.807) is 0 Å². The Labute approximate surface area is 81.9 Å². The molecule has 0 bridgehead atoms. The normalized spacial score (nSPS) is 16.5. The van der Waals surface area contributed by atoms with Crippen molar-refractivity contribution in [2.45, 2.75) is 26.9 Å². The van der Waals surface area contributed by atoms with Gasteiger partial charge in [-0.1, -0.05) is 38.1 Å². The maximum absolute atomic E-state index is 2.52. The van der Waals surface area contributed by atoms with Crippen LogP contribution in [0.2, 0.25) is 0 Å². The average molecular weight is 176 g/mol. The smallest absolute Gasteiger partial charge is 0.295 e. The Balaban J connectivity index is 0.000000980. The lowest BCUT2D eigenvalue weighted by Crippen LogP contribution is -2.21. The predicted molar refractivity (Wildman–Crippen MR) is 56.5 cm³/mol. The van der Waals surface area contributed by atoms with Crippen LogP contribution in [0, 0.1) is 5.92 Å². The molecular weight excluding hydrogens is 158 g/mol. The molecule has 70 valence electrons. The molecule has 0 saturated carbocycles. The van der Waals surface area contributed by atoms with E-state index in [1.807, 2.05) is 0 Å². The molecule has 1 heterocycles. The summed E-state index contributed by atoms with van der Waals surface area (Å²) in [6, 6.07) is 8.76. The van der Waals surface area contributed by atoms with E-state index in [4.69, 9.17) is 0 Å². The molecule has 1 aromatic rings. The third-order valence-electron chi connectivity index (χ3n) is 2.53. The molecule has 1 aliphatic heterocycles. The van der Waals surface area contributed by atoms with Gasteiger partial charge in [0.15, 0.2) is 0 Å². The molecule has 0 fully saturated rings. The van der Waals surface area contributed by atoms with Gasteiger partial charge in [-0.05, 0) is 17.0 Å². The highest BCUT2D eigenvalue weighted by atomic mass is 15.1. The van der Waals surface area contributed by atoms with Gasteiger partial charge in [0.2, 0.25) is 0 Å². The van der Waals surface area contributed by atoms with Crippen molar-refractivity contribution in [3.8, 4) is 0 Å². The van der Waals surface area contributed by atoms with Gasteiger partial charge >= 0.3 is 1.43 Å². The first-order chi connectivity index (χ1) is 6.25.